The molecule has 96 valence electrons. The highest BCUT2D eigenvalue weighted by Gasteiger charge is 2.31. The smallest absolute Gasteiger partial charge is 0.0344 e. The quantitative estimate of drug-likeness (QED) is 0.865. The molecule has 2 unspecified atom stereocenters. The van der Waals surface area contributed by atoms with Crippen LogP contribution in [0.15, 0.2) is 17.0 Å². The van der Waals surface area contributed by atoms with Gasteiger partial charge < -0.3 is 5.32 Å². The lowest BCUT2D eigenvalue weighted by atomic mass is 9.97. The van der Waals surface area contributed by atoms with Crippen LogP contribution in [0, 0.1) is 0 Å². The molecule has 0 amide bonds. The van der Waals surface area contributed by atoms with Gasteiger partial charge in [-0.2, -0.15) is 0 Å². The molecule has 1 aromatic rings. The Morgan fingerprint density at radius 2 is 1.94 bits per heavy atom. The zero-order valence-corrected chi connectivity index (χ0v) is 11.9. The number of hydrogen-bond donors (Lipinski definition) is 1. The van der Waals surface area contributed by atoms with Crippen molar-refractivity contribution in [1.82, 2.24) is 5.32 Å². The normalized spacial score (nSPS) is 30.1. The molecule has 18 heavy (non-hydrogen) atoms. The van der Waals surface area contributed by atoms with Crippen LogP contribution in [-0.2, 0) is 12.8 Å². The van der Waals surface area contributed by atoms with Crippen molar-refractivity contribution in [2.24, 2.45) is 0 Å². The first-order valence-corrected chi connectivity index (χ1v) is 8.26. The van der Waals surface area contributed by atoms with Gasteiger partial charge in [0.2, 0.25) is 0 Å². The molecule has 0 saturated heterocycles. The van der Waals surface area contributed by atoms with Crippen LogP contribution >= 0.6 is 11.8 Å². The number of benzene rings is 1. The third-order valence-electron chi connectivity index (χ3n) is 4.51. The molecule has 4 rings (SSSR count). The van der Waals surface area contributed by atoms with E-state index in [9.17, 15) is 0 Å². The van der Waals surface area contributed by atoms with E-state index in [-0.39, 0.29) is 0 Å². The molecule has 0 spiro atoms. The maximum Gasteiger partial charge on any atom is 0.0344 e. The Kier molecular flexibility index (Phi) is 2.70. The highest BCUT2D eigenvalue weighted by atomic mass is 32.2. The Labute approximate surface area is 114 Å². The van der Waals surface area contributed by atoms with Crippen molar-refractivity contribution in [3.8, 4) is 0 Å². The number of thioether (sulfide) groups is 1. The van der Waals surface area contributed by atoms with Gasteiger partial charge >= 0.3 is 0 Å². The third-order valence-corrected chi connectivity index (χ3v) is 5.71. The fourth-order valence-electron chi connectivity index (χ4n) is 3.41. The number of fused-ring (bicyclic) bond motifs is 2. The van der Waals surface area contributed by atoms with E-state index in [1.807, 2.05) is 0 Å². The summed E-state index contributed by atoms with van der Waals surface area (Å²) in [5.41, 5.74) is 4.86. The second-order valence-electron chi connectivity index (χ2n) is 6.17. The molecule has 1 saturated carbocycles. The zero-order valence-electron chi connectivity index (χ0n) is 11.0. The van der Waals surface area contributed by atoms with Gasteiger partial charge in [0.1, 0.15) is 0 Å². The molecule has 0 aromatic heterocycles. The lowest BCUT2D eigenvalue weighted by Gasteiger charge is -2.31. The van der Waals surface area contributed by atoms with Gasteiger partial charge in [-0.1, -0.05) is 13.0 Å². The van der Waals surface area contributed by atoms with Crippen molar-refractivity contribution >= 4 is 11.8 Å². The number of nitrogens with one attached hydrogen (secondary N) is 1. The van der Waals surface area contributed by atoms with Crippen LogP contribution in [0.4, 0.5) is 0 Å². The van der Waals surface area contributed by atoms with E-state index in [1.165, 1.54) is 38.5 Å². The molecule has 1 aliphatic heterocycles. The van der Waals surface area contributed by atoms with Crippen LogP contribution in [0.2, 0.25) is 0 Å². The predicted molar refractivity (Wildman–Crippen MR) is 77.3 cm³/mol. The monoisotopic (exact) mass is 259 g/mol. The minimum Gasteiger partial charge on any atom is -0.307 e. The van der Waals surface area contributed by atoms with E-state index in [0.717, 1.165) is 11.3 Å². The van der Waals surface area contributed by atoms with E-state index < -0.39 is 0 Å². The molecule has 2 atom stereocenters. The molecule has 2 heteroatoms. The summed E-state index contributed by atoms with van der Waals surface area (Å²) in [6, 6.07) is 6.46. The first kappa shape index (κ1) is 11.4. The highest BCUT2D eigenvalue weighted by molar-refractivity contribution is 8.00. The van der Waals surface area contributed by atoms with Crippen molar-refractivity contribution < 1.29 is 0 Å². The molecule has 0 bridgehead atoms. The SMILES string of the molecule is CC1CC(NC2CC2)c2cc3c(cc2S1)CCC3. The van der Waals surface area contributed by atoms with Crippen LogP contribution in [0.25, 0.3) is 0 Å². The van der Waals surface area contributed by atoms with Crippen LogP contribution in [0.1, 0.15) is 55.3 Å². The number of aryl methyl sites for hydroxylation is 2. The predicted octanol–water partition coefficient (Wildman–Crippen LogP) is 3.85. The summed E-state index contributed by atoms with van der Waals surface area (Å²) in [5.74, 6) is 0. The third kappa shape index (κ3) is 2.00. The summed E-state index contributed by atoms with van der Waals surface area (Å²) < 4.78 is 0. The fourth-order valence-corrected chi connectivity index (χ4v) is 4.68. The van der Waals surface area contributed by atoms with E-state index >= 15 is 0 Å². The second kappa shape index (κ2) is 4.28. The molecule has 0 radical (unpaired) electrons. The van der Waals surface area contributed by atoms with E-state index in [0.29, 0.717) is 6.04 Å². The van der Waals surface area contributed by atoms with Gasteiger partial charge in [-0.25, -0.2) is 0 Å². The molecule has 1 aromatic carbocycles. The Balaban J connectivity index is 1.72. The van der Waals surface area contributed by atoms with Gasteiger partial charge in [-0.15, -0.1) is 11.8 Å². The van der Waals surface area contributed by atoms with Crippen molar-refractivity contribution in [3.05, 3.63) is 28.8 Å². The average Bonchev–Trinajstić information content (AvgIpc) is 3.04. The second-order valence-corrected chi connectivity index (χ2v) is 7.65. The van der Waals surface area contributed by atoms with Crippen molar-refractivity contribution in [3.63, 3.8) is 0 Å². The van der Waals surface area contributed by atoms with Gasteiger partial charge in [0, 0.05) is 22.2 Å². The van der Waals surface area contributed by atoms with Gasteiger partial charge in [-0.05, 0) is 61.3 Å². The highest BCUT2D eigenvalue weighted by Crippen LogP contribution is 2.44. The lowest BCUT2D eigenvalue weighted by molar-refractivity contribution is 0.482. The maximum absolute atomic E-state index is 3.86. The Morgan fingerprint density at radius 3 is 2.72 bits per heavy atom. The summed E-state index contributed by atoms with van der Waals surface area (Å²) in [7, 11) is 0. The summed E-state index contributed by atoms with van der Waals surface area (Å²) >= 11 is 2.09. The molecule has 2 aliphatic carbocycles. The van der Waals surface area contributed by atoms with Crippen LogP contribution in [-0.4, -0.2) is 11.3 Å². The lowest BCUT2D eigenvalue weighted by Crippen LogP contribution is -2.28. The molecular formula is C16H21NS. The number of hydrogen-bond acceptors (Lipinski definition) is 2. The van der Waals surface area contributed by atoms with Crippen molar-refractivity contribution in [1.29, 1.82) is 0 Å². The van der Waals surface area contributed by atoms with Crippen LogP contribution < -0.4 is 5.32 Å². The zero-order chi connectivity index (χ0) is 12.1. The van der Waals surface area contributed by atoms with E-state index in [4.69, 9.17) is 0 Å². The molecule has 1 fully saturated rings. The Morgan fingerprint density at radius 1 is 1.17 bits per heavy atom. The van der Waals surface area contributed by atoms with E-state index in [1.54, 1.807) is 21.6 Å². The first-order chi connectivity index (χ1) is 8.79. The van der Waals surface area contributed by atoms with Gasteiger partial charge in [-0.3, -0.25) is 0 Å². The average molecular weight is 259 g/mol. The van der Waals surface area contributed by atoms with E-state index in [2.05, 4.69) is 36.1 Å². The number of rotatable bonds is 2. The van der Waals surface area contributed by atoms with Crippen molar-refractivity contribution in [2.45, 2.75) is 67.7 Å². The minimum absolute atomic E-state index is 0.620. The van der Waals surface area contributed by atoms with Crippen molar-refractivity contribution in [2.75, 3.05) is 0 Å². The van der Waals surface area contributed by atoms with Crippen LogP contribution in [0.5, 0.6) is 0 Å². The Hall–Kier alpha value is -0.470. The Bertz CT molecular complexity index is 478. The summed E-state index contributed by atoms with van der Waals surface area (Å²) in [6.45, 7) is 2.38. The maximum atomic E-state index is 3.86. The van der Waals surface area contributed by atoms with Crippen LogP contribution in [0.3, 0.4) is 0 Å². The molecule has 1 heterocycles. The first-order valence-electron chi connectivity index (χ1n) is 7.38. The molecule has 1 N–H and O–H groups in total. The standard InChI is InChI=1S/C16H21NS/c1-10-7-15(17-13-5-6-13)14-8-11-3-2-4-12(11)9-16(14)18-10/h8-10,13,15,17H,2-7H2,1H3. The van der Waals surface area contributed by atoms with Gasteiger partial charge in [0.25, 0.3) is 0 Å². The largest absolute Gasteiger partial charge is 0.307 e. The molecule has 3 aliphatic rings. The van der Waals surface area contributed by atoms with Gasteiger partial charge in [0.05, 0.1) is 0 Å². The molecule has 1 nitrogen and oxygen atoms in total. The summed E-state index contributed by atoms with van der Waals surface area (Å²) in [6.07, 6.45) is 8.04. The fraction of sp³-hybridized carbons (Fsp3) is 0.625. The van der Waals surface area contributed by atoms with Gasteiger partial charge in [0.15, 0.2) is 0 Å². The minimum atomic E-state index is 0.620. The summed E-state index contributed by atoms with van der Waals surface area (Å²) in [5, 5.41) is 4.61. The topological polar surface area (TPSA) is 12.0 Å². The summed E-state index contributed by atoms with van der Waals surface area (Å²) in [4.78, 5) is 1.56. The molecular weight excluding hydrogens is 238 g/mol.